The van der Waals surface area contributed by atoms with E-state index in [0.717, 1.165) is 29.7 Å². The summed E-state index contributed by atoms with van der Waals surface area (Å²) in [6.45, 7) is 2.64. The summed E-state index contributed by atoms with van der Waals surface area (Å²) in [6.07, 6.45) is 1.83. The summed E-state index contributed by atoms with van der Waals surface area (Å²) >= 11 is 0. The molecule has 0 saturated heterocycles. The van der Waals surface area contributed by atoms with E-state index in [9.17, 15) is 4.79 Å². The first-order valence-electron chi connectivity index (χ1n) is 7.30. The second-order valence-electron chi connectivity index (χ2n) is 5.88. The molecule has 1 fully saturated rings. The highest BCUT2D eigenvalue weighted by atomic mass is 16.2. The Labute approximate surface area is 125 Å². The molecule has 1 saturated carbocycles. The fourth-order valence-corrected chi connectivity index (χ4v) is 2.75. The number of benzene rings is 2. The Hall–Kier alpha value is -2.29. The van der Waals surface area contributed by atoms with E-state index >= 15 is 0 Å². The molecule has 2 aromatic carbocycles. The van der Waals surface area contributed by atoms with Crippen molar-refractivity contribution in [3.63, 3.8) is 0 Å². The highest BCUT2D eigenvalue weighted by Crippen LogP contribution is 2.48. The topological polar surface area (TPSA) is 55.1 Å². The molecule has 108 valence electrons. The lowest BCUT2D eigenvalue weighted by Gasteiger charge is -2.16. The molecule has 0 heterocycles. The third-order valence-electron chi connectivity index (χ3n) is 4.18. The van der Waals surface area contributed by atoms with Crippen molar-refractivity contribution in [2.75, 3.05) is 5.73 Å². The molecule has 3 heteroatoms. The summed E-state index contributed by atoms with van der Waals surface area (Å²) in [7, 11) is 0. The zero-order valence-corrected chi connectivity index (χ0v) is 12.2. The second-order valence-corrected chi connectivity index (χ2v) is 5.88. The maximum absolute atomic E-state index is 12.5. The van der Waals surface area contributed by atoms with Crippen LogP contribution in [0.25, 0.3) is 0 Å². The van der Waals surface area contributed by atoms with Gasteiger partial charge in [0.1, 0.15) is 0 Å². The molecular weight excluding hydrogens is 260 g/mol. The number of nitrogen functional groups attached to an aromatic ring is 1. The van der Waals surface area contributed by atoms with Gasteiger partial charge in [-0.25, -0.2) is 0 Å². The van der Waals surface area contributed by atoms with Crippen molar-refractivity contribution in [2.45, 2.75) is 31.7 Å². The van der Waals surface area contributed by atoms with E-state index in [1.807, 2.05) is 36.4 Å². The van der Waals surface area contributed by atoms with Crippen LogP contribution in [0.4, 0.5) is 5.69 Å². The number of amides is 1. The average molecular weight is 280 g/mol. The number of anilines is 1. The summed E-state index contributed by atoms with van der Waals surface area (Å²) < 4.78 is 0. The second kappa shape index (κ2) is 5.24. The lowest BCUT2D eigenvalue weighted by atomic mass is 9.94. The lowest BCUT2D eigenvalue weighted by Crippen LogP contribution is -2.34. The van der Waals surface area contributed by atoms with Crippen molar-refractivity contribution < 1.29 is 4.79 Å². The number of aryl methyl sites for hydroxylation is 1. The maximum Gasteiger partial charge on any atom is 0.230 e. The molecule has 0 radical (unpaired) electrons. The Balaban J connectivity index is 1.69. The van der Waals surface area contributed by atoms with E-state index < -0.39 is 0 Å². The summed E-state index contributed by atoms with van der Waals surface area (Å²) in [5, 5.41) is 3.07. The van der Waals surface area contributed by atoms with E-state index in [0.29, 0.717) is 6.54 Å². The molecule has 3 rings (SSSR count). The van der Waals surface area contributed by atoms with Crippen LogP contribution < -0.4 is 11.1 Å². The van der Waals surface area contributed by atoms with Crippen LogP contribution in [0, 0.1) is 6.92 Å². The zero-order valence-electron chi connectivity index (χ0n) is 12.2. The van der Waals surface area contributed by atoms with E-state index in [1.54, 1.807) is 0 Å². The van der Waals surface area contributed by atoms with Crippen LogP contribution in [-0.4, -0.2) is 5.91 Å². The van der Waals surface area contributed by atoms with Gasteiger partial charge in [-0.05, 0) is 43.0 Å². The van der Waals surface area contributed by atoms with Crippen molar-refractivity contribution in [2.24, 2.45) is 0 Å². The van der Waals surface area contributed by atoms with Gasteiger partial charge in [0.15, 0.2) is 0 Å². The number of carbonyl (C=O) groups is 1. The van der Waals surface area contributed by atoms with Crippen molar-refractivity contribution in [1.29, 1.82) is 0 Å². The Morgan fingerprint density at radius 3 is 2.52 bits per heavy atom. The van der Waals surface area contributed by atoms with Crippen LogP contribution >= 0.6 is 0 Å². The first-order valence-corrected chi connectivity index (χ1v) is 7.30. The SMILES string of the molecule is Cc1cccc(CNC(=O)C2(c3ccc(N)cc3)CC2)c1. The Morgan fingerprint density at radius 2 is 1.90 bits per heavy atom. The van der Waals surface area contributed by atoms with E-state index in [1.165, 1.54) is 5.56 Å². The minimum atomic E-state index is -0.336. The molecule has 0 unspecified atom stereocenters. The van der Waals surface area contributed by atoms with Gasteiger partial charge in [0.2, 0.25) is 5.91 Å². The number of hydrogen-bond acceptors (Lipinski definition) is 2. The van der Waals surface area contributed by atoms with Gasteiger partial charge in [-0.2, -0.15) is 0 Å². The highest BCUT2D eigenvalue weighted by Gasteiger charge is 2.50. The maximum atomic E-state index is 12.5. The average Bonchev–Trinajstić information content (AvgIpc) is 3.27. The number of rotatable bonds is 4. The van der Waals surface area contributed by atoms with Gasteiger partial charge in [-0.15, -0.1) is 0 Å². The van der Waals surface area contributed by atoms with Crippen LogP contribution in [0.1, 0.15) is 29.5 Å². The van der Waals surface area contributed by atoms with Crippen LogP contribution in [-0.2, 0) is 16.8 Å². The van der Waals surface area contributed by atoms with Gasteiger partial charge in [-0.3, -0.25) is 4.79 Å². The molecule has 3 N–H and O–H groups in total. The van der Waals surface area contributed by atoms with Gasteiger partial charge >= 0.3 is 0 Å². The number of nitrogens with two attached hydrogens (primary N) is 1. The zero-order chi connectivity index (χ0) is 14.9. The van der Waals surface area contributed by atoms with Crippen LogP contribution in [0.5, 0.6) is 0 Å². The van der Waals surface area contributed by atoms with Crippen molar-refractivity contribution in [3.05, 3.63) is 65.2 Å². The fraction of sp³-hybridized carbons (Fsp3) is 0.278. The minimum absolute atomic E-state index is 0.119. The molecule has 21 heavy (non-hydrogen) atoms. The molecule has 1 aliphatic carbocycles. The first-order chi connectivity index (χ1) is 10.1. The Bertz CT molecular complexity index is 657. The summed E-state index contributed by atoms with van der Waals surface area (Å²) in [4.78, 5) is 12.5. The Kier molecular flexibility index (Phi) is 3.42. The summed E-state index contributed by atoms with van der Waals surface area (Å²) in [5.41, 5.74) is 9.52. The van der Waals surface area contributed by atoms with Crippen LogP contribution in [0.3, 0.4) is 0 Å². The predicted octanol–water partition coefficient (Wildman–Crippen LogP) is 2.93. The molecule has 0 spiro atoms. The lowest BCUT2D eigenvalue weighted by molar-refractivity contribution is -0.123. The van der Waals surface area contributed by atoms with Gasteiger partial charge in [-0.1, -0.05) is 42.0 Å². The number of nitrogens with one attached hydrogen (secondary N) is 1. The van der Waals surface area contributed by atoms with Gasteiger partial charge in [0.05, 0.1) is 5.41 Å². The number of hydrogen-bond donors (Lipinski definition) is 2. The molecule has 0 aromatic heterocycles. The standard InChI is InChI=1S/C18H20N2O/c1-13-3-2-4-14(11-13)12-20-17(21)18(9-10-18)15-5-7-16(19)8-6-15/h2-8,11H,9-10,12,19H2,1H3,(H,20,21). The molecule has 3 nitrogen and oxygen atoms in total. The normalized spacial score (nSPS) is 15.5. The summed E-state index contributed by atoms with van der Waals surface area (Å²) in [5.74, 6) is 0.119. The quantitative estimate of drug-likeness (QED) is 0.846. The molecule has 1 aliphatic rings. The predicted molar refractivity (Wildman–Crippen MR) is 84.8 cm³/mol. The molecule has 0 bridgehead atoms. The van der Waals surface area contributed by atoms with Crippen molar-refractivity contribution in [3.8, 4) is 0 Å². The number of carbonyl (C=O) groups excluding carboxylic acids is 1. The van der Waals surface area contributed by atoms with Gasteiger partial charge in [0, 0.05) is 12.2 Å². The fourth-order valence-electron chi connectivity index (χ4n) is 2.75. The molecule has 0 atom stereocenters. The largest absolute Gasteiger partial charge is 0.399 e. The smallest absolute Gasteiger partial charge is 0.230 e. The van der Waals surface area contributed by atoms with E-state index in [-0.39, 0.29) is 11.3 Å². The highest BCUT2D eigenvalue weighted by molar-refractivity contribution is 5.91. The van der Waals surface area contributed by atoms with Crippen LogP contribution in [0.15, 0.2) is 48.5 Å². The molecular formula is C18H20N2O. The first kappa shape index (κ1) is 13.7. The minimum Gasteiger partial charge on any atom is -0.399 e. The molecule has 1 amide bonds. The van der Waals surface area contributed by atoms with Gasteiger partial charge < -0.3 is 11.1 Å². The molecule has 0 aliphatic heterocycles. The Morgan fingerprint density at radius 1 is 1.19 bits per heavy atom. The molecule has 2 aromatic rings. The third kappa shape index (κ3) is 2.77. The van der Waals surface area contributed by atoms with Crippen LogP contribution in [0.2, 0.25) is 0 Å². The third-order valence-corrected chi connectivity index (χ3v) is 4.18. The summed E-state index contributed by atoms with van der Waals surface area (Å²) in [6, 6.07) is 15.9. The van der Waals surface area contributed by atoms with E-state index in [2.05, 4.69) is 24.4 Å². The van der Waals surface area contributed by atoms with Crippen molar-refractivity contribution >= 4 is 11.6 Å². The van der Waals surface area contributed by atoms with Gasteiger partial charge in [0.25, 0.3) is 0 Å². The van der Waals surface area contributed by atoms with E-state index in [4.69, 9.17) is 5.73 Å². The monoisotopic (exact) mass is 280 g/mol. The van der Waals surface area contributed by atoms with Crippen molar-refractivity contribution in [1.82, 2.24) is 5.32 Å².